The van der Waals surface area contributed by atoms with Gasteiger partial charge in [0, 0.05) is 12.6 Å². The molecule has 3 N–H and O–H groups in total. The Morgan fingerprint density at radius 2 is 1.86 bits per heavy atom. The molecule has 0 aliphatic heterocycles. The Balaban J connectivity index is 2.37. The van der Waals surface area contributed by atoms with Crippen LogP contribution in [0.25, 0.3) is 0 Å². The first-order valence-electron chi connectivity index (χ1n) is 5.23. The Morgan fingerprint density at radius 3 is 2.36 bits per heavy atom. The summed E-state index contributed by atoms with van der Waals surface area (Å²) in [5.41, 5.74) is 5.22. The smallest absolute Gasteiger partial charge is 0.213 e. The van der Waals surface area contributed by atoms with Crippen LogP contribution >= 0.6 is 0 Å². The maximum atomic E-state index is 11.4. The van der Waals surface area contributed by atoms with Gasteiger partial charge in [-0.1, -0.05) is 6.92 Å². The number of rotatable bonds is 4. The van der Waals surface area contributed by atoms with Gasteiger partial charge in [-0.2, -0.15) is 0 Å². The molecule has 0 spiro atoms. The number of hydrogen-bond donors (Lipinski definition) is 2. The molecule has 5 heteroatoms. The molecule has 0 aromatic rings. The van der Waals surface area contributed by atoms with Gasteiger partial charge in [-0.15, -0.1) is 0 Å². The van der Waals surface area contributed by atoms with E-state index in [1.54, 1.807) is 0 Å². The standard InChI is InChI=1S/C9H20N2O2S/c1-8-2-4-9(5-3-8)11-14(12,13)7-6-10/h8-9,11H,2-7,10H2,1H3. The van der Waals surface area contributed by atoms with E-state index in [9.17, 15) is 8.42 Å². The van der Waals surface area contributed by atoms with Crippen LogP contribution in [0.2, 0.25) is 0 Å². The molecule has 14 heavy (non-hydrogen) atoms. The first-order chi connectivity index (χ1) is 6.53. The van der Waals surface area contributed by atoms with Crippen molar-refractivity contribution in [3.8, 4) is 0 Å². The van der Waals surface area contributed by atoms with Crippen molar-refractivity contribution in [1.82, 2.24) is 4.72 Å². The summed E-state index contributed by atoms with van der Waals surface area (Å²) in [6.45, 7) is 2.41. The van der Waals surface area contributed by atoms with Gasteiger partial charge in [0.25, 0.3) is 0 Å². The molecular weight excluding hydrogens is 200 g/mol. The van der Waals surface area contributed by atoms with E-state index in [0.717, 1.165) is 31.6 Å². The van der Waals surface area contributed by atoms with Gasteiger partial charge >= 0.3 is 0 Å². The van der Waals surface area contributed by atoms with Gasteiger partial charge in [0.15, 0.2) is 0 Å². The molecule has 0 saturated heterocycles. The second-order valence-corrected chi connectivity index (χ2v) is 6.06. The fraction of sp³-hybridized carbons (Fsp3) is 1.00. The molecule has 1 rings (SSSR count). The fourth-order valence-electron chi connectivity index (χ4n) is 1.85. The van der Waals surface area contributed by atoms with Crippen LogP contribution in [0, 0.1) is 5.92 Å². The number of nitrogens with one attached hydrogen (secondary N) is 1. The summed E-state index contributed by atoms with van der Waals surface area (Å²) < 4.78 is 25.5. The van der Waals surface area contributed by atoms with Crippen LogP contribution in [-0.2, 0) is 10.0 Å². The second kappa shape index (κ2) is 5.09. The molecule has 0 amide bonds. The predicted molar refractivity (Wildman–Crippen MR) is 57.4 cm³/mol. The Hall–Kier alpha value is -0.130. The van der Waals surface area contributed by atoms with Gasteiger partial charge in [-0.25, -0.2) is 13.1 Å². The van der Waals surface area contributed by atoms with E-state index in [0.29, 0.717) is 0 Å². The van der Waals surface area contributed by atoms with Crippen LogP contribution in [0.4, 0.5) is 0 Å². The first-order valence-corrected chi connectivity index (χ1v) is 6.89. The van der Waals surface area contributed by atoms with Gasteiger partial charge in [0.05, 0.1) is 5.75 Å². The van der Waals surface area contributed by atoms with E-state index in [4.69, 9.17) is 5.73 Å². The zero-order chi connectivity index (χ0) is 10.6. The van der Waals surface area contributed by atoms with E-state index in [1.807, 2.05) is 0 Å². The molecule has 0 radical (unpaired) electrons. The summed E-state index contributed by atoms with van der Waals surface area (Å²) in [5, 5.41) is 0. The SMILES string of the molecule is CC1CCC(NS(=O)(=O)CCN)CC1. The molecule has 1 aliphatic rings. The van der Waals surface area contributed by atoms with Crippen molar-refractivity contribution < 1.29 is 8.42 Å². The predicted octanol–water partition coefficient (Wildman–Crippen LogP) is 0.443. The molecule has 4 nitrogen and oxygen atoms in total. The van der Waals surface area contributed by atoms with Crippen molar-refractivity contribution in [2.24, 2.45) is 11.7 Å². The molecule has 1 saturated carbocycles. The third kappa shape index (κ3) is 3.94. The highest BCUT2D eigenvalue weighted by atomic mass is 32.2. The molecule has 1 fully saturated rings. The lowest BCUT2D eigenvalue weighted by Gasteiger charge is -2.26. The highest BCUT2D eigenvalue weighted by Crippen LogP contribution is 2.23. The van der Waals surface area contributed by atoms with E-state index in [-0.39, 0.29) is 18.3 Å². The summed E-state index contributed by atoms with van der Waals surface area (Å²) in [4.78, 5) is 0. The van der Waals surface area contributed by atoms with Crippen molar-refractivity contribution in [2.45, 2.75) is 38.6 Å². The lowest BCUT2D eigenvalue weighted by atomic mass is 9.88. The lowest BCUT2D eigenvalue weighted by molar-refractivity contribution is 0.332. The van der Waals surface area contributed by atoms with Gasteiger partial charge in [0.2, 0.25) is 10.0 Å². The Kier molecular flexibility index (Phi) is 4.34. The molecule has 0 heterocycles. The second-order valence-electron chi connectivity index (χ2n) is 4.18. The van der Waals surface area contributed by atoms with E-state index < -0.39 is 10.0 Å². The van der Waals surface area contributed by atoms with Crippen LogP contribution in [0.5, 0.6) is 0 Å². The topological polar surface area (TPSA) is 72.2 Å². The van der Waals surface area contributed by atoms with Crippen molar-refractivity contribution in [3.05, 3.63) is 0 Å². The summed E-state index contributed by atoms with van der Waals surface area (Å²) in [6.07, 6.45) is 4.17. The van der Waals surface area contributed by atoms with Crippen molar-refractivity contribution in [3.63, 3.8) is 0 Å². The normalized spacial score (nSPS) is 29.0. The minimum atomic E-state index is -3.12. The molecule has 0 atom stereocenters. The van der Waals surface area contributed by atoms with Crippen LogP contribution in [-0.4, -0.2) is 26.8 Å². The molecule has 0 bridgehead atoms. The number of nitrogens with two attached hydrogens (primary N) is 1. The van der Waals surface area contributed by atoms with E-state index in [1.165, 1.54) is 0 Å². The average molecular weight is 220 g/mol. The lowest BCUT2D eigenvalue weighted by Crippen LogP contribution is -2.39. The van der Waals surface area contributed by atoms with Crippen molar-refractivity contribution in [1.29, 1.82) is 0 Å². The zero-order valence-corrected chi connectivity index (χ0v) is 9.52. The Morgan fingerprint density at radius 1 is 1.29 bits per heavy atom. The van der Waals surface area contributed by atoms with Gasteiger partial charge in [-0.3, -0.25) is 0 Å². The molecular formula is C9H20N2O2S. The van der Waals surface area contributed by atoms with Crippen LogP contribution in [0.3, 0.4) is 0 Å². The van der Waals surface area contributed by atoms with Crippen LogP contribution in [0.1, 0.15) is 32.6 Å². The fourth-order valence-corrected chi connectivity index (χ4v) is 3.02. The molecule has 1 aliphatic carbocycles. The van der Waals surface area contributed by atoms with Crippen molar-refractivity contribution >= 4 is 10.0 Å². The molecule has 0 aromatic carbocycles. The number of sulfonamides is 1. The maximum absolute atomic E-state index is 11.4. The first kappa shape index (κ1) is 11.9. The van der Waals surface area contributed by atoms with E-state index in [2.05, 4.69) is 11.6 Å². The van der Waals surface area contributed by atoms with Gasteiger partial charge in [0.1, 0.15) is 0 Å². The van der Waals surface area contributed by atoms with Crippen LogP contribution in [0.15, 0.2) is 0 Å². The summed E-state index contributed by atoms with van der Waals surface area (Å²) in [7, 11) is -3.12. The zero-order valence-electron chi connectivity index (χ0n) is 8.70. The average Bonchev–Trinajstić information content (AvgIpc) is 2.08. The Bertz CT molecular complexity index is 256. The van der Waals surface area contributed by atoms with Gasteiger partial charge < -0.3 is 5.73 Å². The summed E-state index contributed by atoms with van der Waals surface area (Å²) in [5.74, 6) is 0.782. The third-order valence-electron chi connectivity index (χ3n) is 2.75. The minimum absolute atomic E-state index is 0.0407. The molecule has 0 unspecified atom stereocenters. The Labute approximate surface area is 86.3 Å². The van der Waals surface area contributed by atoms with E-state index >= 15 is 0 Å². The third-order valence-corrected chi connectivity index (χ3v) is 4.21. The summed E-state index contributed by atoms with van der Waals surface area (Å²) >= 11 is 0. The molecule has 84 valence electrons. The van der Waals surface area contributed by atoms with Crippen molar-refractivity contribution in [2.75, 3.05) is 12.3 Å². The number of hydrogen-bond acceptors (Lipinski definition) is 3. The maximum Gasteiger partial charge on any atom is 0.213 e. The monoisotopic (exact) mass is 220 g/mol. The quantitative estimate of drug-likeness (QED) is 0.722. The van der Waals surface area contributed by atoms with Crippen LogP contribution < -0.4 is 10.5 Å². The largest absolute Gasteiger partial charge is 0.329 e. The minimum Gasteiger partial charge on any atom is -0.329 e. The van der Waals surface area contributed by atoms with Gasteiger partial charge in [-0.05, 0) is 31.6 Å². The highest BCUT2D eigenvalue weighted by molar-refractivity contribution is 7.89. The highest BCUT2D eigenvalue weighted by Gasteiger charge is 2.22. The summed E-state index contributed by atoms with van der Waals surface area (Å²) in [6, 6.07) is 0.141. The molecule has 0 aromatic heterocycles.